The van der Waals surface area contributed by atoms with Crippen LogP contribution in [0.2, 0.25) is 0 Å². The van der Waals surface area contributed by atoms with E-state index in [1.165, 1.54) is 11.8 Å². The molecule has 1 heterocycles. The van der Waals surface area contributed by atoms with Gasteiger partial charge in [-0.05, 0) is 49.0 Å². The van der Waals surface area contributed by atoms with Gasteiger partial charge in [-0.25, -0.2) is 4.98 Å². The molecule has 0 saturated heterocycles. The Balaban J connectivity index is 1.88. The Labute approximate surface area is 120 Å². The zero-order valence-corrected chi connectivity index (χ0v) is 11.8. The summed E-state index contributed by atoms with van der Waals surface area (Å²) in [6, 6.07) is 13.4. The van der Waals surface area contributed by atoms with Gasteiger partial charge in [0, 0.05) is 4.90 Å². The molecule has 0 radical (unpaired) electrons. The zero-order chi connectivity index (χ0) is 13.9. The molecule has 4 nitrogen and oxygen atoms in total. The van der Waals surface area contributed by atoms with Crippen molar-refractivity contribution >= 4 is 28.5 Å². The maximum absolute atomic E-state index is 5.86. The van der Waals surface area contributed by atoms with Gasteiger partial charge < -0.3 is 14.9 Å². The minimum Gasteiger partial charge on any atom is -0.492 e. The van der Waals surface area contributed by atoms with E-state index in [1.54, 1.807) is 0 Å². The average Bonchev–Trinajstić information content (AvgIpc) is 2.85. The summed E-state index contributed by atoms with van der Waals surface area (Å²) >= 11 is 1.45. The number of nitrogen functional groups attached to an aromatic ring is 1. The van der Waals surface area contributed by atoms with E-state index in [1.807, 2.05) is 49.4 Å². The Morgan fingerprint density at radius 1 is 1.25 bits per heavy atom. The molecule has 102 valence electrons. The van der Waals surface area contributed by atoms with Crippen molar-refractivity contribution in [2.45, 2.75) is 17.0 Å². The molecule has 0 aliphatic carbocycles. The fraction of sp³-hybridized carbons (Fsp3) is 0.133. The van der Waals surface area contributed by atoms with Crippen LogP contribution in [0, 0.1) is 0 Å². The first-order chi connectivity index (χ1) is 9.76. The Morgan fingerprint density at radius 2 is 2.10 bits per heavy atom. The molecule has 2 N–H and O–H groups in total. The van der Waals surface area contributed by atoms with Crippen LogP contribution in [0.5, 0.6) is 5.75 Å². The average molecular weight is 286 g/mol. The molecule has 3 rings (SSSR count). The van der Waals surface area contributed by atoms with Gasteiger partial charge in [0.15, 0.2) is 5.58 Å². The highest BCUT2D eigenvalue weighted by Gasteiger charge is 2.09. The molecule has 20 heavy (non-hydrogen) atoms. The minimum absolute atomic E-state index is 0.585. The molecule has 0 aliphatic rings. The number of aromatic nitrogens is 1. The summed E-state index contributed by atoms with van der Waals surface area (Å²) in [6.45, 7) is 2.52. The summed E-state index contributed by atoms with van der Waals surface area (Å²) in [4.78, 5) is 5.41. The number of hydrogen-bond donors (Lipinski definition) is 1. The summed E-state index contributed by atoms with van der Waals surface area (Å²) < 4.78 is 11.2. The third kappa shape index (κ3) is 2.58. The molecule has 0 amide bonds. The summed E-state index contributed by atoms with van der Waals surface area (Å²) in [7, 11) is 0. The molecule has 1 aromatic heterocycles. The molecule has 0 fully saturated rings. The third-order valence-electron chi connectivity index (χ3n) is 2.76. The number of hydrogen-bond acceptors (Lipinski definition) is 5. The second kappa shape index (κ2) is 5.46. The number of rotatable bonds is 4. The molecule has 0 bridgehead atoms. The summed E-state index contributed by atoms with van der Waals surface area (Å²) in [5, 5.41) is 0.610. The highest BCUT2D eigenvalue weighted by Crippen LogP contribution is 2.34. The smallest absolute Gasteiger partial charge is 0.261 e. The molecule has 0 atom stereocenters. The highest BCUT2D eigenvalue weighted by molar-refractivity contribution is 7.99. The summed E-state index contributed by atoms with van der Waals surface area (Å²) in [6.07, 6.45) is 0. The Hall–Kier alpha value is -2.14. The Bertz CT molecular complexity index is 707. The number of benzene rings is 2. The predicted octanol–water partition coefficient (Wildman–Crippen LogP) is 3.96. The van der Waals surface area contributed by atoms with Gasteiger partial charge >= 0.3 is 0 Å². The van der Waals surface area contributed by atoms with Gasteiger partial charge in [-0.1, -0.05) is 12.1 Å². The first kappa shape index (κ1) is 12.9. The number of nitrogens with zero attached hydrogens (tertiary/aromatic N) is 1. The lowest BCUT2D eigenvalue weighted by Crippen LogP contribution is -1.96. The van der Waals surface area contributed by atoms with E-state index in [0.717, 1.165) is 16.0 Å². The van der Waals surface area contributed by atoms with Crippen LogP contribution < -0.4 is 10.5 Å². The number of fused-ring (bicyclic) bond motifs is 1. The molecular weight excluding hydrogens is 272 g/mol. The maximum Gasteiger partial charge on any atom is 0.261 e. The van der Waals surface area contributed by atoms with Crippen LogP contribution in [0.25, 0.3) is 11.1 Å². The molecule has 0 spiro atoms. The molecule has 5 heteroatoms. The fourth-order valence-electron chi connectivity index (χ4n) is 1.85. The van der Waals surface area contributed by atoms with Gasteiger partial charge in [-0.15, -0.1) is 0 Å². The standard InChI is InChI=1S/C15H14N2O2S/c1-2-18-14-9-10(7-8-11(14)16)20-15-17-12-5-3-4-6-13(12)19-15/h3-9H,2,16H2,1H3. The molecule has 3 aromatic rings. The monoisotopic (exact) mass is 286 g/mol. The van der Waals surface area contributed by atoms with E-state index in [2.05, 4.69) is 4.98 Å². The lowest BCUT2D eigenvalue weighted by molar-refractivity contribution is 0.341. The number of anilines is 1. The largest absolute Gasteiger partial charge is 0.492 e. The van der Waals surface area contributed by atoms with Crippen LogP contribution in [0.15, 0.2) is 57.0 Å². The second-order valence-electron chi connectivity index (χ2n) is 4.18. The number of para-hydroxylation sites is 2. The summed E-state index contributed by atoms with van der Waals surface area (Å²) in [5.74, 6) is 0.689. The van der Waals surface area contributed by atoms with Crippen LogP contribution >= 0.6 is 11.8 Å². The Morgan fingerprint density at radius 3 is 2.90 bits per heavy atom. The number of oxazole rings is 1. The highest BCUT2D eigenvalue weighted by atomic mass is 32.2. The van der Waals surface area contributed by atoms with Crippen molar-refractivity contribution in [2.75, 3.05) is 12.3 Å². The van der Waals surface area contributed by atoms with Gasteiger partial charge in [0.05, 0.1) is 12.3 Å². The molecule has 0 aliphatic heterocycles. The second-order valence-corrected chi connectivity index (χ2v) is 5.21. The van der Waals surface area contributed by atoms with Crippen molar-refractivity contribution < 1.29 is 9.15 Å². The van der Waals surface area contributed by atoms with Crippen LogP contribution in [-0.2, 0) is 0 Å². The van der Waals surface area contributed by atoms with Gasteiger partial charge in [0.1, 0.15) is 11.3 Å². The fourth-order valence-corrected chi connectivity index (χ4v) is 2.63. The molecular formula is C15H14N2O2S. The first-order valence-corrected chi connectivity index (χ1v) is 7.13. The van der Waals surface area contributed by atoms with Crippen molar-refractivity contribution in [1.82, 2.24) is 4.98 Å². The SMILES string of the molecule is CCOc1cc(Sc2nc3ccccc3o2)ccc1N. The van der Waals surface area contributed by atoms with Crippen LogP contribution in [-0.4, -0.2) is 11.6 Å². The topological polar surface area (TPSA) is 61.3 Å². The van der Waals surface area contributed by atoms with Crippen LogP contribution in [0.4, 0.5) is 5.69 Å². The van der Waals surface area contributed by atoms with E-state index in [0.29, 0.717) is 23.3 Å². The van der Waals surface area contributed by atoms with Crippen molar-refractivity contribution in [3.63, 3.8) is 0 Å². The lowest BCUT2D eigenvalue weighted by Gasteiger charge is -2.07. The predicted molar refractivity (Wildman–Crippen MR) is 80.2 cm³/mol. The van der Waals surface area contributed by atoms with E-state index in [4.69, 9.17) is 14.9 Å². The lowest BCUT2D eigenvalue weighted by atomic mass is 10.3. The van der Waals surface area contributed by atoms with Crippen molar-refractivity contribution in [3.8, 4) is 5.75 Å². The molecule has 2 aromatic carbocycles. The first-order valence-electron chi connectivity index (χ1n) is 6.32. The summed E-state index contributed by atoms with van der Waals surface area (Å²) in [5.41, 5.74) is 8.13. The normalized spacial score (nSPS) is 10.8. The van der Waals surface area contributed by atoms with Crippen molar-refractivity contribution in [2.24, 2.45) is 0 Å². The van der Waals surface area contributed by atoms with E-state index in [9.17, 15) is 0 Å². The maximum atomic E-state index is 5.86. The molecule has 0 unspecified atom stereocenters. The molecule has 0 saturated carbocycles. The zero-order valence-electron chi connectivity index (χ0n) is 11.0. The number of ether oxygens (including phenoxy) is 1. The minimum atomic E-state index is 0.585. The quantitative estimate of drug-likeness (QED) is 0.735. The van der Waals surface area contributed by atoms with Crippen molar-refractivity contribution in [3.05, 3.63) is 42.5 Å². The van der Waals surface area contributed by atoms with E-state index >= 15 is 0 Å². The van der Waals surface area contributed by atoms with Crippen molar-refractivity contribution in [1.29, 1.82) is 0 Å². The van der Waals surface area contributed by atoms with Gasteiger partial charge in [-0.3, -0.25) is 0 Å². The third-order valence-corrected chi connectivity index (χ3v) is 3.60. The van der Waals surface area contributed by atoms with E-state index in [-0.39, 0.29) is 0 Å². The Kier molecular flexibility index (Phi) is 3.52. The van der Waals surface area contributed by atoms with Crippen LogP contribution in [0.3, 0.4) is 0 Å². The van der Waals surface area contributed by atoms with Gasteiger partial charge in [0.2, 0.25) is 0 Å². The van der Waals surface area contributed by atoms with Gasteiger partial charge in [0.25, 0.3) is 5.22 Å². The van der Waals surface area contributed by atoms with E-state index < -0.39 is 0 Å². The van der Waals surface area contributed by atoms with Gasteiger partial charge in [-0.2, -0.15) is 0 Å². The van der Waals surface area contributed by atoms with Crippen LogP contribution in [0.1, 0.15) is 6.92 Å². The number of nitrogens with two attached hydrogens (primary N) is 1.